The monoisotopic (exact) mass is 314 g/mol. The maximum atomic E-state index is 5.99. The highest BCUT2D eigenvalue weighted by atomic mass is 16.7. The third-order valence-corrected chi connectivity index (χ3v) is 8.12. The lowest BCUT2D eigenvalue weighted by Crippen LogP contribution is -2.40. The average Bonchev–Trinajstić information content (AvgIpc) is 3.12. The molecule has 2 nitrogen and oxygen atoms in total. The summed E-state index contributed by atoms with van der Waals surface area (Å²) in [5.74, 6) is 2.42. The Balaban J connectivity index is 1.48. The molecule has 0 amide bonds. The van der Waals surface area contributed by atoms with E-state index in [2.05, 4.69) is 19.9 Å². The first-order valence-corrected chi connectivity index (χ1v) is 9.81. The van der Waals surface area contributed by atoms with E-state index in [9.17, 15) is 0 Å². The van der Waals surface area contributed by atoms with Gasteiger partial charge in [0.15, 0.2) is 5.79 Å². The Morgan fingerprint density at radius 1 is 1.09 bits per heavy atom. The predicted octanol–water partition coefficient (Wildman–Crippen LogP) is 5.00. The first kappa shape index (κ1) is 14.7. The summed E-state index contributed by atoms with van der Waals surface area (Å²) in [6.45, 7) is 6.63. The molecule has 5 aliphatic rings. The summed E-state index contributed by atoms with van der Waals surface area (Å²) in [4.78, 5) is 0. The predicted molar refractivity (Wildman–Crippen MR) is 90.9 cm³/mol. The number of hydrogen-bond donors (Lipinski definition) is 0. The van der Waals surface area contributed by atoms with Crippen LogP contribution in [-0.4, -0.2) is 19.0 Å². The second-order valence-corrected chi connectivity index (χ2v) is 8.97. The fourth-order valence-electron chi connectivity index (χ4n) is 6.54. The van der Waals surface area contributed by atoms with Gasteiger partial charge in [-0.3, -0.25) is 0 Å². The summed E-state index contributed by atoms with van der Waals surface area (Å²) in [7, 11) is 0. The lowest BCUT2D eigenvalue weighted by molar-refractivity contribution is -0.164. The molecular formula is C21H30O2. The maximum Gasteiger partial charge on any atom is 0.172 e. The van der Waals surface area contributed by atoms with Gasteiger partial charge in [0.2, 0.25) is 0 Å². The van der Waals surface area contributed by atoms with Crippen LogP contribution in [0.4, 0.5) is 0 Å². The highest BCUT2D eigenvalue weighted by Gasteiger charge is 2.52. The van der Waals surface area contributed by atoms with E-state index in [1.165, 1.54) is 38.5 Å². The average molecular weight is 314 g/mol. The molecule has 0 aromatic heterocycles. The molecule has 4 atom stereocenters. The molecule has 1 aliphatic heterocycles. The topological polar surface area (TPSA) is 18.5 Å². The van der Waals surface area contributed by atoms with Gasteiger partial charge in [-0.1, -0.05) is 25.5 Å². The Hall–Kier alpha value is -0.600. The minimum Gasteiger partial charge on any atom is -0.347 e. The Kier molecular flexibility index (Phi) is 3.17. The minimum atomic E-state index is -0.253. The molecule has 23 heavy (non-hydrogen) atoms. The second-order valence-electron chi connectivity index (χ2n) is 8.97. The van der Waals surface area contributed by atoms with Crippen LogP contribution in [0.25, 0.3) is 0 Å². The van der Waals surface area contributed by atoms with Crippen LogP contribution >= 0.6 is 0 Å². The van der Waals surface area contributed by atoms with Crippen molar-refractivity contribution in [3.63, 3.8) is 0 Å². The van der Waals surface area contributed by atoms with Crippen molar-refractivity contribution in [2.24, 2.45) is 23.2 Å². The molecule has 1 saturated heterocycles. The van der Waals surface area contributed by atoms with Crippen LogP contribution in [0.2, 0.25) is 0 Å². The molecule has 0 N–H and O–H groups in total. The number of hydrogen-bond acceptors (Lipinski definition) is 2. The van der Waals surface area contributed by atoms with Crippen molar-refractivity contribution in [2.45, 2.75) is 71.0 Å². The largest absolute Gasteiger partial charge is 0.347 e. The molecule has 0 bridgehead atoms. The van der Waals surface area contributed by atoms with E-state index in [1.807, 2.05) is 0 Å². The van der Waals surface area contributed by atoms with Crippen molar-refractivity contribution in [3.05, 3.63) is 22.8 Å². The maximum absolute atomic E-state index is 5.99. The van der Waals surface area contributed by atoms with Crippen molar-refractivity contribution in [1.29, 1.82) is 0 Å². The Morgan fingerprint density at radius 3 is 2.74 bits per heavy atom. The van der Waals surface area contributed by atoms with Crippen molar-refractivity contribution in [3.8, 4) is 0 Å². The first-order valence-electron chi connectivity index (χ1n) is 9.81. The summed E-state index contributed by atoms with van der Waals surface area (Å²) in [5, 5.41) is 0. The van der Waals surface area contributed by atoms with E-state index < -0.39 is 0 Å². The van der Waals surface area contributed by atoms with Gasteiger partial charge in [-0.25, -0.2) is 0 Å². The summed E-state index contributed by atoms with van der Waals surface area (Å²) in [6.07, 6.45) is 12.8. The second kappa shape index (κ2) is 4.95. The van der Waals surface area contributed by atoms with Crippen molar-refractivity contribution in [2.75, 3.05) is 13.2 Å². The van der Waals surface area contributed by atoms with E-state index in [0.717, 1.165) is 43.8 Å². The van der Waals surface area contributed by atoms with E-state index in [0.29, 0.717) is 5.41 Å². The van der Waals surface area contributed by atoms with Gasteiger partial charge < -0.3 is 9.47 Å². The zero-order valence-electron chi connectivity index (χ0n) is 14.7. The third kappa shape index (κ3) is 2.00. The third-order valence-electron chi connectivity index (χ3n) is 8.12. The molecule has 4 aliphatic carbocycles. The Bertz CT molecular complexity index is 581. The molecule has 1 spiro atoms. The molecule has 0 radical (unpaired) electrons. The standard InChI is InChI=1S/C21H30O2/c1-14-3-6-19-18-5-4-15-13-21(22-11-12-23-21)10-8-16(15)17(18)7-9-20(14,19)2/h7,14,18-19H,3-6,8-13H2,1-2H3. The number of allylic oxidation sites excluding steroid dienone is 3. The van der Waals surface area contributed by atoms with Gasteiger partial charge in [-0.05, 0) is 72.8 Å². The van der Waals surface area contributed by atoms with Gasteiger partial charge in [-0.15, -0.1) is 0 Å². The molecule has 0 aromatic carbocycles. The molecule has 126 valence electrons. The van der Waals surface area contributed by atoms with Crippen molar-refractivity contribution < 1.29 is 9.47 Å². The zero-order valence-corrected chi connectivity index (χ0v) is 14.7. The summed E-state index contributed by atoms with van der Waals surface area (Å²) in [6, 6.07) is 0. The van der Waals surface area contributed by atoms with Crippen LogP contribution < -0.4 is 0 Å². The minimum absolute atomic E-state index is 0.253. The molecular weight excluding hydrogens is 284 g/mol. The van der Waals surface area contributed by atoms with E-state index in [4.69, 9.17) is 9.47 Å². The molecule has 5 rings (SSSR count). The molecule has 2 heteroatoms. The van der Waals surface area contributed by atoms with Crippen LogP contribution in [0.3, 0.4) is 0 Å². The molecule has 1 heterocycles. The highest BCUT2D eigenvalue weighted by molar-refractivity contribution is 5.44. The molecule has 0 aromatic rings. The van der Waals surface area contributed by atoms with Crippen LogP contribution in [0.15, 0.2) is 22.8 Å². The summed E-state index contributed by atoms with van der Waals surface area (Å²) in [5.41, 5.74) is 5.69. The number of fused-ring (bicyclic) bond motifs is 4. The van der Waals surface area contributed by atoms with Crippen LogP contribution in [-0.2, 0) is 9.47 Å². The van der Waals surface area contributed by atoms with E-state index in [-0.39, 0.29) is 5.79 Å². The van der Waals surface area contributed by atoms with Gasteiger partial charge in [0.05, 0.1) is 13.2 Å². The lowest BCUT2D eigenvalue weighted by Gasteiger charge is -2.48. The van der Waals surface area contributed by atoms with Crippen LogP contribution in [0, 0.1) is 23.2 Å². The summed E-state index contributed by atoms with van der Waals surface area (Å²) >= 11 is 0. The Labute approximate surface area is 140 Å². The first-order chi connectivity index (χ1) is 11.1. The normalized spacial score (nSPS) is 44.8. The smallest absolute Gasteiger partial charge is 0.172 e. The van der Waals surface area contributed by atoms with Crippen molar-refractivity contribution in [1.82, 2.24) is 0 Å². The highest BCUT2D eigenvalue weighted by Crippen LogP contribution is 2.61. The van der Waals surface area contributed by atoms with Crippen LogP contribution in [0.5, 0.6) is 0 Å². The van der Waals surface area contributed by atoms with Crippen LogP contribution in [0.1, 0.15) is 65.2 Å². The fraction of sp³-hybridized carbons (Fsp3) is 0.810. The molecule has 4 unspecified atom stereocenters. The quantitative estimate of drug-likeness (QED) is 0.626. The molecule has 1 saturated carbocycles. The number of rotatable bonds is 0. The van der Waals surface area contributed by atoms with Crippen molar-refractivity contribution >= 4 is 0 Å². The van der Waals surface area contributed by atoms with Gasteiger partial charge in [0, 0.05) is 12.8 Å². The van der Waals surface area contributed by atoms with E-state index >= 15 is 0 Å². The zero-order chi connectivity index (χ0) is 15.7. The van der Waals surface area contributed by atoms with Gasteiger partial charge in [0.1, 0.15) is 0 Å². The van der Waals surface area contributed by atoms with Gasteiger partial charge in [0.25, 0.3) is 0 Å². The van der Waals surface area contributed by atoms with Gasteiger partial charge >= 0.3 is 0 Å². The Morgan fingerprint density at radius 2 is 1.91 bits per heavy atom. The fourth-order valence-corrected chi connectivity index (χ4v) is 6.54. The SMILES string of the molecule is CC1CCC2C3CCC4=C(CCC5(C4)OCCO5)C3=CCC12C. The number of ether oxygens (including phenoxy) is 2. The summed E-state index contributed by atoms with van der Waals surface area (Å²) < 4.78 is 12.0. The molecule has 2 fully saturated rings. The lowest BCUT2D eigenvalue weighted by atomic mass is 9.57. The van der Waals surface area contributed by atoms with E-state index in [1.54, 1.807) is 16.7 Å². The van der Waals surface area contributed by atoms with Gasteiger partial charge in [-0.2, -0.15) is 0 Å².